The molecule has 0 aliphatic heterocycles. The van der Waals surface area contributed by atoms with Gasteiger partial charge in [-0.3, -0.25) is 9.58 Å². The van der Waals surface area contributed by atoms with Crippen LogP contribution in [0.2, 0.25) is 0 Å². The summed E-state index contributed by atoms with van der Waals surface area (Å²) in [5.41, 5.74) is 2.01. The monoisotopic (exact) mass is 313 g/mol. The molecule has 0 bridgehead atoms. The summed E-state index contributed by atoms with van der Waals surface area (Å²) in [5, 5.41) is 8.20. The molecule has 0 fully saturated rings. The van der Waals surface area contributed by atoms with Crippen molar-refractivity contribution < 1.29 is 9.26 Å². The first-order chi connectivity index (χ1) is 11.1. The number of hydrogen-bond donors (Lipinski definition) is 0. The fourth-order valence-corrected chi connectivity index (χ4v) is 2.35. The Morgan fingerprint density at radius 2 is 2.17 bits per heavy atom. The molecule has 0 atom stereocenters. The fraction of sp³-hybridized carbons (Fsp3) is 0.312. The minimum Gasteiger partial charge on any atom is -0.497 e. The van der Waals surface area contributed by atoms with E-state index in [9.17, 15) is 0 Å². The zero-order valence-electron chi connectivity index (χ0n) is 13.4. The number of aromatic nitrogens is 4. The highest BCUT2D eigenvalue weighted by atomic mass is 16.5. The van der Waals surface area contributed by atoms with Crippen molar-refractivity contribution in [3.8, 4) is 17.1 Å². The molecule has 0 aliphatic carbocycles. The van der Waals surface area contributed by atoms with E-state index in [1.54, 1.807) is 11.8 Å². The second-order valence-corrected chi connectivity index (χ2v) is 5.44. The van der Waals surface area contributed by atoms with Crippen molar-refractivity contribution >= 4 is 0 Å². The van der Waals surface area contributed by atoms with Gasteiger partial charge in [-0.1, -0.05) is 17.3 Å². The summed E-state index contributed by atoms with van der Waals surface area (Å²) >= 11 is 0. The molecule has 7 heteroatoms. The van der Waals surface area contributed by atoms with Gasteiger partial charge in [0.2, 0.25) is 11.7 Å². The van der Waals surface area contributed by atoms with Gasteiger partial charge < -0.3 is 9.26 Å². The van der Waals surface area contributed by atoms with Gasteiger partial charge >= 0.3 is 0 Å². The van der Waals surface area contributed by atoms with Gasteiger partial charge in [0.15, 0.2) is 0 Å². The zero-order chi connectivity index (χ0) is 16.2. The second-order valence-electron chi connectivity index (χ2n) is 5.44. The molecular formula is C16H19N5O2. The molecule has 120 valence electrons. The molecule has 7 nitrogen and oxygen atoms in total. The molecule has 23 heavy (non-hydrogen) atoms. The molecule has 1 aromatic carbocycles. The van der Waals surface area contributed by atoms with E-state index in [1.165, 1.54) is 0 Å². The Balaban J connectivity index is 1.66. The molecule has 0 amide bonds. The van der Waals surface area contributed by atoms with E-state index in [0.29, 0.717) is 18.3 Å². The molecule has 0 aliphatic rings. The van der Waals surface area contributed by atoms with Gasteiger partial charge in [-0.2, -0.15) is 10.1 Å². The third-order valence-corrected chi connectivity index (χ3v) is 3.41. The highest BCUT2D eigenvalue weighted by Crippen LogP contribution is 2.21. The largest absolute Gasteiger partial charge is 0.497 e. The number of aryl methyl sites for hydroxylation is 1. The maximum atomic E-state index is 5.34. The average molecular weight is 313 g/mol. The number of nitrogens with zero attached hydrogens (tertiary/aromatic N) is 5. The third kappa shape index (κ3) is 3.75. The van der Waals surface area contributed by atoms with Crippen LogP contribution in [0.4, 0.5) is 0 Å². The van der Waals surface area contributed by atoms with Crippen LogP contribution in [0.3, 0.4) is 0 Å². The lowest BCUT2D eigenvalue weighted by atomic mass is 10.2. The molecule has 0 saturated carbocycles. The van der Waals surface area contributed by atoms with E-state index in [1.807, 2.05) is 50.8 Å². The number of benzene rings is 1. The third-order valence-electron chi connectivity index (χ3n) is 3.41. The van der Waals surface area contributed by atoms with Crippen molar-refractivity contribution in [3.63, 3.8) is 0 Å². The smallest absolute Gasteiger partial charge is 0.241 e. The van der Waals surface area contributed by atoms with Crippen LogP contribution in [0.5, 0.6) is 5.75 Å². The fourth-order valence-electron chi connectivity index (χ4n) is 2.35. The van der Waals surface area contributed by atoms with E-state index < -0.39 is 0 Å². The van der Waals surface area contributed by atoms with E-state index >= 15 is 0 Å². The van der Waals surface area contributed by atoms with Crippen LogP contribution in [0.25, 0.3) is 11.4 Å². The Labute approximate surface area is 134 Å². The Morgan fingerprint density at radius 3 is 2.91 bits per heavy atom. The van der Waals surface area contributed by atoms with E-state index in [4.69, 9.17) is 9.26 Å². The molecule has 2 heterocycles. The Bertz CT molecular complexity index is 780. The lowest BCUT2D eigenvalue weighted by Gasteiger charge is -2.12. The molecule has 0 saturated heterocycles. The van der Waals surface area contributed by atoms with Crippen LogP contribution in [-0.2, 0) is 20.1 Å². The summed E-state index contributed by atoms with van der Waals surface area (Å²) in [4.78, 5) is 6.54. The Morgan fingerprint density at radius 1 is 1.30 bits per heavy atom. The van der Waals surface area contributed by atoms with Crippen LogP contribution in [0.15, 0.2) is 41.2 Å². The van der Waals surface area contributed by atoms with E-state index in [0.717, 1.165) is 23.4 Å². The van der Waals surface area contributed by atoms with E-state index in [-0.39, 0.29) is 0 Å². The number of ether oxygens (including phenoxy) is 1. The minimum absolute atomic E-state index is 0.564. The average Bonchev–Trinajstić information content (AvgIpc) is 3.16. The summed E-state index contributed by atoms with van der Waals surface area (Å²) in [6.07, 6.45) is 3.85. The van der Waals surface area contributed by atoms with Crippen molar-refractivity contribution in [2.75, 3.05) is 14.2 Å². The molecular weight excluding hydrogens is 294 g/mol. The zero-order valence-corrected chi connectivity index (χ0v) is 13.4. The van der Waals surface area contributed by atoms with Gasteiger partial charge in [-0.05, 0) is 19.2 Å². The summed E-state index contributed by atoms with van der Waals surface area (Å²) in [6.45, 7) is 1.34. The molecule has 3 rings (SSSR count). The Kier molecular flexibility index (Phi) is 4.38. The van der Waals surface area contributed by atoms with Crippen molar-refractivity contribution in [1.82, 2.24) is 24.8 Å². The maximum absolute atomic E-state index is 5.34. The summed E-state index contributed by atoms with van der Waals surface area (Å²) in [7, 11) is 5.54. The Hall–Kier alpha value is -2.67. The van der Waals surface area contributed by atoms with Gasteiger partial charge in [0.25, 0.3) is 0 Å². The van der Waals surface area contributed by atoms with Crippen LogP contribution in [0, 0.1) is 0 Å². The van der Waals surface area contributed by atoms with Crippen molar-refractivity contribution in [2.24, 2.45) is 7.05 Å². The predicted octanol–water partition coefficient (Wildman–Crippen LogP) is 2.11. The second kappa shape index (κ2) is 6.62. The first-order valence-corrected chi connectivity index (χ1v) is 7.27. The summed E-state index contributed by atoms with van der Waals surface area (Å²) < 4.78 is 12.3. The van der Waals surface area contributed by atoms with Crippen LogP contribution < -0.4 is 4.74 Å². The van der Waals surface area contributed by atoms with Crippen LogP contribution in [0.1, 0.15) is 11.5 Å². The SMILES string of the molecule is COc1cccc(-c2noc(CN(C)Cc3cnn(C)c3)n2)c1. The number of methoxy groups -OCH3 is 1. The van der Waals surface area contributed by atoms with Gasteiger partial charge in [0.05, 0.1) is 19.9 Å². The molecule has 0 radical (unpaired) electrons. The predicted molar refractivity (Wildman–Crippen MR) is 84.7 cm³/mol. The minimum atomic E-state index is 0.564. The van der Waals surface area contributed by atoms with Gasteiger partial charge in [0, 0.05) is 30.9 Å². The van der Waals surface area contributed by atoms with Gasteiger partial charge in [0.1, 0.15) is 5.75 Å². The topological polar surface area (TPSA) is 69.2 Å². The lowest BCUT2D eigenvalue weighted by Crippen LogP contribution is -2.17. The van der Waals surface area contributed by atoms with Crippen LogP contribution in [-0.4, -0.2) is 39.0 Å². The van der Waals surface area contributed by atoms with Crippen molar-refractivity contribution in [1.29, 1.82) is 0 Å². The lowest BCUT2D eigenvalue weighted by molar-refractivity contribution is 0.261. The normalized spacial score (nSPS) is 11.1. The van der Waals surface area contributed by atoms with Crippen molar-refractivity contribution in [3.05, 3.63) is 48.1 Å². The van der Waals surface area contributed by atoms with Gasteiger partial charge in [-0.15, -0.1) is 0 Å². The van der Waals surface area contributed by atoms with E-state index in [2.05, 4.69) is 20.1 Å². The first kappa shape index (κ1) is 15.2. The van der Waals surface area contributed by atoms with Crippen LogP contribution >= 0.6 is 0 Å². The highest BCUT2D eigenvalue weighted by molar-refractivity contribution is 5.56. The molecule has 2 aromatic heterocycles. The quantitative estimate of drug-likeness (QED) is 0.694. The number of hydrogen-bond acceptors (Lipinski definition) is 6. The maximum Gasteiger partial charge on any atom is 0.241 e. The highest BCUT2D eigenvalue weighted by Gasteiger charge is 2.12. The molecule has 3 aromatic rings. The summed E-state index contributed by atoms with van der Waals surface area (Å²) in [5.74, 6) is 1.91. The molecule has 0 N–H and O–H groups in total. The molecule has 0 unspecified atom stereocenters. The molecule has 0 spiro atoms. The number of rotatable bonds is 6. The van der Waals surface area contributed by atoms with Crippen molar-refractivity contribution in [2.45, 2.75) is 13.1 Å². The standard InChI is InChI=1S/C16H19N5O2/c1-20(9-12-8-17-21(2)10-12)11-15-18-16(19-23-15)13-5-4-6-14(7-13)22-3/h4-8,10H,9,11H2,1-3H3. The first-order valence-electron chi connectivity index (χ1n) is 7.27. The van der Waals surface area contributed by atoms with Gasteiger partial charge in [-0.25, -0.2) is 0 Å². The summed E-state index contributed by atoms with van der Waals surface area (Å²) in [6, 6.07) is 7.59.